The van der Waals surface area contributed by atoms with Crippen molar-refractivity contribution in [2.75, 3.05) is 90.6 Å². The molecule has 7 rings (SSSR count). The normalized spacial score (nSPS) is 20.0. The van der Waals surface area contributed by atoms with Crippen LogP contribution in [0, 0.1) is 5.92 Å². The Morgan fingerprint density at radius 1 is 0.558 bits per heavy atom. The van der Waals surface area contributed by atoms with Gasteiger partial charge in [-0.25, -0.2) is 0 Å². The number of fused-ring (bicyclic) bond motifs is 1. The van der Waals surface area contributed by atoms with Crippen LogP contribution < -0.4 is 28.7 Å². The summed E-state index contributed by atoms with van der Waals surface area (Å²) in [5, 5.41) is 0. The fourth-order valence-electron chi connectivity index (χ4n) is 8.31. The number of benzene rings is 4. The summed E-state index contributed by atoms with van der Waals surface area (Å²) in [7, 11) is 6.47. The third-order valence-corrected chi connectivity index (χ3v) is 11.0. The number of amides is 2. The molecule has 1 aliphatic carbocycles. The van der Waals surface area contributed by atoms with Crippen LogP contribution in [0.25, 0.3) is 0 Å². The number of hydrogen-bond acceptors (Lipinski definition) is 8. The van der Waals surface area contributed by atoms with Gasteiger partial charge in [-0.05, 0) is 65.2 Å². The Labute approximate surface area is 306 Å². The highest BCUT2D eigenvalue weighted by atomic mass is 16.5. The standard InChI is InChI=1S/C42H48N4O6/c1-49-35-16-15-29(25-36(35)50-2)40-33-27-38(52-4)37(51-3)26-32(33)34(28-39(47)45-21-17-43(18-22-45)30-11-7-5-8-12-30)41(40)42(48)46-23-19-44(20-24-46)31-13-9-6-10-14-31/h5-16,25-27,34,40-41H,17-24,28H2,1-4H3. The predicted octanol–water partition coefficient (Wildman–Crippen LogP) is 5.65. The lowest BCUT2D eigenvalue weighted by Crippen LogP contribution is -2.52. The zero-order valence-electron chi connectivity index (χ0n) is 30.5. The van der Waals surface area contributed by atoms with Crippen LogP contribution in [0.2, 0.25) is 0 Å². The van der Waals surface area contributed by atoms with Crippen LogP contribution in [0.15, 0.2) is 91.0 Å². The van der Waals surface area contributed by atoms with Gasteiger partial charge in [-0.1, -0.05) is 42.5 Å². The smallest absolute Gasteiger partial charge is 0.227 e. The summed E-state index contributed by atoms with van der Waals surface area (Å²) in [5.41, 5.74) is 5.13. The molecule has 0 N–H and O–H groups in total. The third kappa shape index (κ3) is 6.81. The molecule has 4 aromatic carbocycles. The van der Waals surface area contributed by atoms with Crippen molar-refractivity contribution in [3.8, 4) is 23.0 Å². The quantitative estimate of drug-likeness (QED) is 0.210. The first kappa shape index (κ1) is 35.0. The Bertz CT molecular complexity index is 1860. The van der Waals surface area contributed by atoms with Crippen molar-refractivity contribution >= 4 is 23.2 Å². The van der Waals surface area contributed by atoms with E-state index in [2.05, 4.69) is 34.1 Å². The van der Waals surface area contributed by atoms with E-state index in [9.17, 15) is 4.79 Å². The number of piperazine rings is 2. The number of ether oxygens (including phenoxy) is 4. The minimum absolute atomic E-state index is 0.0494. The van der Waals surface area contributed by atoms with Gasteiger partial charge in [0.1, 0.15) is 0 Å². The van der Waals surface area contributed by atoms with Gasteiger partial charge in [-0.15, -0.1) is 0 Å². The van der Waals surface area contributed by atoms with Gasteiger partial charge in [0.25, 0.3) is 0 Å². The van der Waals surface area contributed by atoms with E-state index in [1.807, 2.05) is 76.5 Å². The Balaban J connectivity index is 1.24. The highest BCUT2D eigenvalue weighted by Crippen LogP contribution is 2.55. The largest absolute Gasteiger partial charge is 0.493 e. The zero-order chi connectivity index (χ0) is 36.2. The van der Waals surface area contributed by atoms with Crippen LogP contribution in [0.5, 0.6) is 23.0 Å². The Morgan fingerprint density at radius 2 is 1.04 bits per heavy atom. The van der Waals surface area contributed by atoms with E-state index in [0.717, 1.165) is 54.2 Å². The number of hydrogen-bond donors (Lipinski definition) is 0. The molecule has 10 nitrogen and oxygen atoms in total. The lowest BCUT2D eigenvalue weighted by Gasteiger charge is -2.39. The van der Waals surface area contributed by atoms with Crippen molar-refractivity contribution in [1.82, 2.24) is 9.80 Å². The Kier molecular flexibility index (Phi) is 10.4. The number of nitrogens with zero attached hydrogens (tertiary/aromatic N) is 4. The number of para-hydroxylation sites is 2. The van der Waals surface area contributed by atoms with Crippen LogP contribution in [0.3, 0.4) is 0 Å². The third-order valence-electron chi connectivity index (χ3n) is 11.0. The highest BCUT2D eigenvalue weighted by molar-refractivity contribution is 5.86. The molecule has 2 heterocycles. The van der Waals surface area contributed by atoms with Gasteiger partial charge in [-0.3, -0.25) is 9.59 Å². The van der Waals surface area contributed by atoms with Gasteiger partial charge in [0.15, 0.2) is 23.0 Å². The van der Waals surface area contributed by atoms with E-state index in [1.54, 1.807) is 28.4 Å². The maximum absolute atomic E-state index is 15.1. The molecule has 3 unspecified atom stereocenters. The molecule has 0 spiro atoms. The van der Waals surface area contributed by atoms with E-state index in [4.69, 9.17) is 18.9 Å². The Morgan fingerprint density at radius 3 is 1.56 bits per heavy atom. The monoisotopic (exact) mass is 704 g/mol. The highest BCUT2D eigenvalue weighted by Gasteiger charge is 2.49. The molecule has 272 valence electrons. The molecule has 0 aromatic heterocycles. The van der Waals surface area contributed by atoms with Gasteiger partial charge in [0, 0.05) is 82.0 Å². The second kappa shape index (κ2) is 15.5. The van der Waals surface area contributed by atoms with Crippen LogP contribution in [-0.2, 0) is 9.59 Å². The number of carbonyl (C=O) groups is 2. The summed E-state index contributed by atoms with van der Waals surface area (Å²) >= 11 is 0. The molecule has 0 bridgehead atoms. The average molecular weight is 705 g/mol. The molecule has 3 aliphatic rings. The average Bonchev–Trinajstić information content (AvgIpc) is 3.52. The van der Waals surface area contributed by atoms with Crippen LogP contribution in [0.1, 0.15) is 34.9 Å². The van der Waals surface area contributed by atoms with Gasteiger partial charge in [-0.2, -0.15) is 0 Å². The molecule has 0 saturated carbocycles. The van der Waals surface area contributed by atoms with E-state index in [0.29, 0.717) is 49.2 Å². The minimum Gasteiger partial charge on any atom is -0.493 e. The van der Waals surface area contributed by atoms with E-state index >= 15 is 4.79 Å². The van der Waals surface area contributed by atoms with Crippen molar-refractivity contribution in [3.63, 3.8) is 0 Å². The van der Waals surface area contributed by atoms with Crippen molar-refractivity contribution in [1.29, 1.82) is 0 Å². The summed E-state index contributed by atoms with van der Waals surface area (Å²) in [5.74, 6) is 1.17. The molecular formula is C42H48N4O6. The second-order valence-electron chi connectivity index (χ2n) is 13.6. The van der Waals surface area contributed by atoms with E-state index < -0.39 is 5.92 Å². The zero-order valence-corrected chi connectivity index (χ0v) is 30.5. The van der Waals surface area contributed by atoms with Gasteiger partial charge in [0.2, 0.25) is 11.8 Å². The van der Waals surface area contributed by atoms with Crippen LogP contribution in [0.4, 0.5) is 11.4 Å². The molecular weight excluding hydrogens is 656 g/mol. The minimum atomic E-state index is -0.539. The molecule has 10 heteroatoms. The molecule has 4 aromatic rings. The summed E-state index contributed by atoms with van der Waals surface area (Å²) < 4.78 is 22.9. The van der Waals surface area contributed by atoms with Gasteiger partial charge < -0.3 is 38.5 Å². The molecule has 0 radical (unpaired) electrons. The SMILES string of the molecule is COc1ccc(C2c3cc(OC)c(OC)cc3C(CC(=O)N3CCN(c4ccccc4)CC3)C2C(=O)N2CCN(c3ccccc3)CC2)cc1OC. The fraction of sp³-hybridized carbons (Fsp3) is 0.381. The molecule has 2 saturated heterocycles. The lowest BCUT2D eigenvalue weighted by atomic mass is 9.79. The maximum Gasteiger partial charge on any atom is 0.227 e. The van der Waals surface area contributed by atoms with E-state index in [1.165, 1.54) is 0 Å². The van der Waals surface area contributed by atoms with Crippen molar-refractivity contribution in [3.05, 3.63) is 108 Å². The number of anilines is 2. The molecule has 2 amide bonds. The molecule has 3 atom stereocenters. The van der Waals surface area contributed by atoms with E-state index in [-0.39, 0.29) is 30.1 Å². The first-order chi connectivity index (χ1) is 25.4. The maximum atomic E-state index is 15.1. The first-order valence-corrected chi connectivity index (χ1v) is 18.1. The van der Waals surface area contributed by atoms with Crippen LogP contribution in [-0.4, -0.2) is 102 Å². The molecule has 2 aliphatic heterocycles. The first-order valence-electron chi connectivity index (χ1n) is 18.1. The summed E-state index contributed by atoms with van der Waals surface area (Å²) in [6.45, 7) is 5.40. The van der Waals surface area contributed by atoms with Crippen molar-refractivity contribution in [2.45, 2.75) is 18.3 Å². The van der Waals surface area contributed by atoms with Gasteiger partial charge in [0.05, 0.1) is 34.4 Å². The number of rotatable bonds is 10. The predicted molar refractivity (Wildman–Crippen MR) is 202 cm³/mol. The molecule has 2 fully saturated rings. The van der Waals surface area contributed by atoms with Crippen molar-refractivity contribution < 1.29 is 28.5 Å². The fourth-order valence-corrected chi connectivity index (χ4v) is 8.31. The van der Waals surface area contributed by atoms with Crippen molar-refractivity contribution in [2.24, 2.45) is 5.92 Å². The molecule has 52 heavy (non-hydrogen) atoms. The lowest BCUT2D eigenvalue weighted by molar-refractivity contribution is -0.138. The number of carbonyl (C=O) groups excluding carboxylic acids is 2. The summed E-state index contributed by atoms with van der Waals surface area (Å²) in [4.78, 5) is 38.0. The van der Waals surface area contributed by atoms with Gasteiger partial charge >= 0.3 is 0 Å². The second-order valence-corrected chi connectivity index (χ2v) is 13.6. The van der Waals surface area contributed by atoms with Crippen LogP contribution >= 0.6 is 0 Å². The Hall–Kier alpha value is -5.38. The summed E-state index contributed by atoms with van der Waals surface area (Å²) in [6.07, 6.45) is 0.206. The summed E-state index contributed by atoms with van der Waals surface area (Å²) in [6, 6.07) is 30.5. The topological polar surface area (TPSA) is 84.0 Å². The number of methoxy groups -OCH3 is 4.